The van der Waals surface area contributed by atoms with E-state index < -0.39 is 23.5 Å². The van der Waals surface area contributed by atoms with Crippen LogP contribution in [0.25, 0.3) is 0 Å². The molecule has 3 saturated heterocycles. The van der Waals surface area contributed by atoms with Gasteiger partial charge in [-0.3, -0.25) is 4.90 Å². The van der Waals surface area contributed by atoms with E-state index in [-0.39, 0.29) is 30.1 Å². The second-order valence-corrected chi connectivity index (χ2v) is 10.4. The summed E-state index contributed by atoms with van der Waals surface area (Å²) in [5.74, 6) is -1.97. The summed E-state index contributed by atoms with van der Waals surface area (Å²) in [6.07, 6.45) is 1.70. The Labute approximate surface area is 225 Å². The van der Waals surface area contributed by atoms with Gasteiger partial charge in [0.2, 0.25) is 0 Å². The van der Waals surface area contributed by atoms with E-state index in [1.165, 1.54) is 41.3 Å². The molecule has 1 amide bonds. The van der Waals surface area contributed by atoms with Crippen LogP contribution in [-0.4, -0.2) is 49.5 Å². The van der Waals surface area contributed by atoms with Gasteiger partial charge in [-0.1, -0.05) is 12.1 Å². The molecular weight excluding hydrogens is 512 g/mol. The fourth-order valence-corrected chi connectivity index (χ4v) is 5.71. The minimum atomic E-state index is -1.02. The van der Waals surface area contributed by atoms with Crippen molar-refractivity contribution in [3.63, 3.8) is 0 Å². The average Bonchev–Trinajstić information content (AvgIpc) is 2.93. The number of benzene rings is 3. The third-order valence-electron chi connectivity index (χ3n) is 7.82. The summed E-state index contributed by atoms with van der Waals surface area (Å²) in [5.41, 5.74) is 0.626. The lowest BCUT2D eigenvalue weighted by Crippen LogP contribution is -2.65. The van der Waals surface area contributed by atoms with E-state index in [1.807, 2.05) is 0 Å². The Hall–Kier alpha value is -3.59. The maximum absolute atomic E-state index is 14.0. The molecule has 9 heteroatoms. The van der Waals surface area contributed by atoms with Crippen molar-refractivity contribution in [3.8, 4) is 5.75 Å². The van der Waals surface area contributed by atoms with Crippen molar-refractivity contribution < 1.29 is 36.3 Å². The Morgan fingerprint density at radius 1 is 0.897 bits per heavy atom. The number of quaternary nitrogens is 1. The number of carbonyl (C=O) groups is 1. The highest BCUT2D eigenvalue weighted by molar-refractivity contribution is 5.87. The fraction of sp³-hybridized carbons (Fsp3) is 0.367. The molecule has 3 fully saturated rings. The predicted molar refractivity (Wildman–Crippen MR) is 138 cm³/mol. The summed E-state index contributed by atoms with van der Waals surface area (Å²) >= 11 is 0. The molecule has 0 aromatic heterocycles. The summed E-state index contributed by atoms with van der Waals surface area (Å²) in [4.78, 5) is 14.7. The van der Waals surface area contributed by atoms with Gasteiger partial charge in [-0.05, 0) is 60.2 Å². The van der Waals surface area contributed by atoms with Crippen LogP contribution in [0.1, 0.15) is 24.8 Å². The van der Waals surface area contributed by atoms with Crippen molar-refractivity contribution >= 4 is 11.8 Å². The van der Waals surface area contributed by atoms with Crippen LogP contribution >= 0.6 is 0 Å². The van der Waals surface area contributed by atoms with Gasteiger partial charge >= 0.3 is 6.09 Å². The highest BCUT2D eigenvalue weighted by Crippen LogP contribution is 2.36. The van der Waals surface area contributed by atoms with E-state index in [0.29, 0.717) is 24.5 Å². The molecule has 3 aromatic rings. The molecule has 6 rings (SSSR count). The highest BCUT2D eigenvalue weighted by Gasteiger charge is 2.47. The zero-order valence-corrected chi connectivity index (χ0v) is 21.5. The van der Waals surface area contributed by atoms with Gasteiger partial charge < -0.3 is 14.0 Å². The van der Waals surface area contributed by atoms with Gasteiger partial charge in [0.1, 0.15) is 23.9 Å². The summed E-state index contributed by atoms with van der Waals surface area (Å²) < 4.78 is 67.1. The first-order chi connectivity index (χ1) is 18.8. The minimum absolute atomic E-state index is 0.0996. The van der Waals surface area contributed by atoms with Crippen LogP contribution in [0.15, 0.2) is 66.7 Å². The SMILES string of the molecule is O=C(O[C@H]1C[N+]2(CCCOc3ccc(F)cc3)CCC1CC2)N(Cc1ccc(F)c(F)c1)c1cccc(F)c1. The fourth-order valence-electron chi connectivity index (χ4n) is 5.71. The van der Waals surface area contributed by atoms with Crippen molar-refractivity contribution in [2.24, 2.45) is 5.92 Å². The lowest BCUT2D eigenvalue weighted by Gasteiger charge is -2.52. The topological polar surface area (TPSA) is 38.8 Å². The summed E-state index contributed by atoms with van der Waals surface area (Å²) in [5, 5.41) is 0. The molecule has 0 saturated carbocycles. The van der Waals surface area contributed by atoms with Crippen LogP contribution in [0, 0.1) is 29.2 Å². The number of ether oxygens (including phenoxy) is 2. The van der Waals surface area contributed by atoms with Crippen LogP contribution in [-0.2, 0) is 11.3 Å². The van der Waals surface area contributed by atoms with Gasteiger partial charge in [-0.2, -0.15) is 0 Å². The average molecular weight is 544 g/mol. The molecule has 0 unspecified atom stereocenters. The Kier molecular flexibility index (Phi) is 8.07. The molecule has 0 radical (unpaired) electrons. The van der Waals surface area contributed by atoms with Gasteiger partial charge in [0.15, 0.2) is 17.7 Å². The third-order valence-corrected chi connectivity index (χ3v) is 7.82. The molecule has 5 nitrogen and oxygen atoms in total. The van der Waals surface area contributed by atoms with Crippen LogP contribution in [0.5, 0.6) is 5.75 Å². The van der Waals surface area contributed by atoms with Gasteiger partial charge in [0.25, 0.3) is 0 Å². The second-order valence-electron chi connectivity index (χ2n) is 10.4. The molecule has 3 aliphatic heterocycles. The van der Waals surface area contributed by atoms with Crippen molar-refractivity contribution in [3.05, 3.63) is 95.6 Å². The van der Waals surface area contributed by atoms with Gasteiger partial charge in [-0.15, -0.1) is 0 Å². The number of piperidine rings is 3. The molecule has 3 aliphatic rings. The van der Waals surface area contributed by atoms with Gasteiger partial charge in [0, 0.05) is 25.2 Å². The number of hydrogen-bond acceptors (Lipinski definition) is 3. The Morgan fingerprint density at radius 2 is 1.67 bits per heavy atom. The Morgan fingerprint density at radius 3 is 2.38 bits per heavy atom. The largest absolute Gasteiger partial charge is 0.493 e. The van der Waals surface area contributed by atoms with E-state index >= 15 is 0 Å². The first-order valence-corrected chi connectivity index (χ1v) is 13.2. The molecular formula is C30H31F4N2O3+. The number of hydrogen-bond donors (Lipinski definition) is 0. The number of halogens is 4. The number of rotatable bonds is 9. The highest BCUT2D eigenvalue weighted by atomic mass is 19.2. The predicted octanol–water partition coefficient (Wildman–Crippen LogP) is 6.46. The lowest BCUT2D eigenvalue weighted by molar-refractivity contribution is -0.946. The van der Waals surface area contributed by atoms with E-state index in [0.717, 1.165) is 55.5 Å². The standard InChI is InChI=1S/C30H31F4N2O3/c31-23-6-8-26(9-7-23)38-16-2-13-36-14-11-22(12-15-36)29(20-36)39-30(37)35(25-4-1-3-24(32)18-25)19-21-5-10-27(33)28(34)17-21/h1,3-10,17-18,22,29H,2,11-16,19-20H2/q+1/t22?,29-,36?/m0/s1. The Bertz CT molecular complexity index is 1300. The van der Waals surface area contributed by atoms with E-state index in [2.05, 4.69) is 0 Å². The van der Waals surface area contributed by atoms with E-state index in [9.17, 15) is 22.4 Å². The molecule has 0 aliphatic carbocycles. The summed E-state index contributed by atoms with van der Waals surface area (Å²) in [6, 6.07) is 14.9. The zero-order valence-electron chi connectivity index (χ0n) is 21.5. The molecule has 2 bridgehead atoms. The van der Waals surface area contributed by atoms with Crippen LogP contribution < -0.4 is 9.64 Å². The quantitative estimate of drug-likeness (QED) is 0.177. The lowest BCUT2D eigenvalue weighted by atomic mass is 9.83. The molecule has 3 heterocycles. The van der Waals surface area contributed by atoms with Gasteiger partial charge in [0.05, 0.1) is 38.5 Å². The third kappa shape index (κ3) is 6.53. The maximum atomic E-state index is 14.0. The summed E-state index contributed by atoms with van der Waals surface area (Å²) in [7, 11) is 0. The molecule has 206 valence electrons. The number of amides is 1. The summed E-state index contributed by atoms with van der Waals surface area (Å²) in [6.45, 7) is 3.94. The Balaban J connectivity index is 1.24. The number of carbonyl (C=O) groups excluding carboxylic acids is 1. The number of nitrogens with zero attached hydrogens (tertiary/aromatic N) is 2. The van der Waals surface area contributed by atoms with Crippen molar-refractivity contribution in [2.75, 3.05) is 37.7 Å². The van der Waals surface area contributed by atoms with E-state index in [4.69, 9.17) is 9.47 Å². The molecule has 0 spiro atoms. The smallest absolute Gasteiger partial charge is 0.415 e. The van der Waals surface area contributed by atoms with Gasteiger partial charge in [-0.25, -0.2) is 22.4 Å². The normalized spacial score (nSPS) is 21.9. The first-order valence-electron chi connectivity index (χ1n) is 13.2. The maximum Gasteiger partial charge on any atom is 0.415 e. The monoisotopic (exact) mass is 543 g/mol. The first kappa shape index (κ1) is 27.0. The van der Waals surface area contributed by atoms with Crippen molar-refractivity contribution in [1.82, 2.24) is 0 Å². The molecule has 3 aromatic carbocycles. The van der Waals surface area contributed by atoms with Crippen LogP contribution in [0.3, 0.4) is 0 Å². The molecule has 1 atom stereocenters. The minimum Gasteiger partial charge on any atom is -0.493 e. The zero-order chi connectivity index (χ0) is 27.4. The molecule has 39 heavy (non-hydrogen) atoms. The van der Waals surface area contributed by atoms with Crippen molar-refractivity contribution in [2.45, 2.75) is 31.9 Å². The van der Waals surface area contributed by atoms with Crippen LogP contribution in [0.4, 0.5) is 28.0 Å². The number of fused-ring (bicyclic) bond motifs is 3. The van der Waals surface area contributed by atoms with Crippen LogP contribution in [0.2, 0.25) is 0 Å². The number of anilines is 1. The second kappa shape index (κ2) is 11.7. The molecule has 0 N–H and O–H groups in total. The van der Waals surface area contributed by atoms with Crippen molar-refractivity contribution in [1.29, 1.82) is 0 Å². The van der Waals surface area contributed by atoms with E-state index in [1.54, 1.807) is 18.2 Å².